The van der Waals surface area contributed by atoms with Gasteiger partial charge in [0.15, 0.2) is 0 Å². The smallest absolute Gasteiger partial charge is 0.121 e. The van der Waals surface area contributed by atoms with Crippen LogP contribution in [0.3, 0.4) is 0 Å². The van der Waals surface area contributed by atoms with Gasteiger partial charge in [0.05, 0.1) is 19.3 Å². The summed E-state index contributed by atoms with van der Waals surface area (Å²) < 4.78 is 10.7. The monoisotopic (exact) mass is 265 g/mol. The third-order valence-electron chi connectivity index (χ3n) is 3.54. The molecule has 2 N–H and O–H groups in total. The van der Waals surface area contributed by atoms with Gasteiger partial charge in [-0.1, -0.05) is 6.07 Å². The molecular formula is C15H23NO3. The predicted octanol–water partition coefficient (Wildman–Crippen LogP) is 1.81. The summed E-state index contributed by atoms with van der Waals surface area (Å²) >= 11 is 0. The van der Waals surface area contributed by atoms with Gasteiger partial charge in [0.2, 0.25) is 0 Å². The molecule has 2 rings (SSSR count). The summed E-state index contributed by atoms with van der Waals surface area (Å²) in [5.41, 5.74) is 1.95. The fourth-order valence-corrected chi connectivity index (χ4v) is 2.41. The molecule has 2 atom stereocenters. The van der Waals surface area contributed by atoms with Crippen molar-refractivity contribution in [3.63, 3.8) is 0 Å². The van der Waals surface area contributed by atoms with E-state index in [4.69, 9.17) is 9.47 Å². The lowest BCUT2D eigenvalue weighted by Gasteiger charge is -2.16. The Kier molecular flexibility index (Phi) is 5.19. The van der Waals surface area contributed by atoms with E-state index in [2.05, 4.69) is 5.32 Å². The van der Waals surface area contributed by atoms with Gasteiger partial charge >= 0.3 is 0 Å². The minimum atomic E-state index is -0.494. The summed E-state index contributed by atoms with van der Waals surface area (Å²) in [4.78, 5) is 0. The number of rotatable bonds is 6. The van der Waals surface area contributed by atoms with Crippen LogP contribution in [-0.4, -0.2) is 38.0 Å². The summed E-state index contributed by atoms with van der Waals surface area (Å²) in [5.74, 6) is 0.850. The van der Waals surface area contributed by atoms with Gasteiger partial charge in [-0.15, -0.1) is 0 Å². The average molecular weight is 265 g/mol. The van der Waals surface area contributed by atoms with Gasteiger partial charge in [-0.25, -0.2) is 0 Å². The van der Waals surface area contributed by atoms with Gasteiger partial charge < -0.3 is 19.9 Å². The summed E-state index contributed by atoms with van der Waals surface area (Å²) in [5, 5.41) is 13.4. The molecule has 0 aliphatic carbocycles. The zero-order valence-corrected chi connectivity index (χ0v) is 11.7. The largest absolute Gasteiger partial charge is 0.496 e. The van der Waals surface area contributed by atoms with Crippen LogP contribution in [0.4, 0.5) is 0 Å². The molecular weight excluding hydrogens is 242 g/mol. The van der Waals surface area contributed by atoms with E-state index >= 15 is 0 Å². The fraction of sp³-hybridized carbons (Fsp3) is 0.600. The van der Waals surface area contributed by atoms with Gasteiger partial charge in [0.25, 0.3) is 0 Å². The molecule has 1 fully saturated rings. The Morgan fingerprint density at radius 1 is 1.53 bits per heavy atom. The molecule has 4 nitrogen and oxygen atoms in total. The first-order valence-corrected chi connectivity index (χ1v) is 6.85. The van der Waals surface area contributed by atoms with Crippen LogP contribution in [0.5, 0.6) is 5.75 Å². The van der Waals surface area contributed by atoms with Crippen LogP contribution < -0.4 is 10.1 Å². The number of benzene rings is 1. The zero-order valence-electron chi connectivity index (χ0n) is 11.7. The molecule has 1 saturated heterocycles. The molecule has 19 heavy (non-hydrogen) atoms. The van der Waals surface area contributed by atoms with E-state index in [0.29, 0.717) is 12.6 Å². The van der Waals surface area contributed by atoms with Crippen molar-refractivity contribution in [1.29, 1.82) is 0 Å². The Morgan fingerprint density at radius 2 is 2.37 bits per heavy atom. The zero-order chi connectivity index (χ0) is 13.7. The number of aliphatic hydroxyl groups is 1. The third kappa shape index (κ3) is 3.93. The SMILES string of the molecule is COc1ccc(C(O)CNCC2CCCO2)cc1C. The van der Waals surface area contributed by atoms with Crippen LogP contribution in [-0.2, 0) is 4.74 Å². The molecule has 1 aromatic carbocycles. The van der Waals surface area contributed by atoms with Crippen LogP contribution in [0, 0.1) is 6.92 Å². The number of ether oxygens (including phenoxy) is 2. The highest BCUT2D eigenvalue weighted by molar-refractivity contribution is 5.37. The molecule has 0 spiro atoms. The first-order chi connectivity index (χ1) is 9.20. The Balaban J connectivity index is 1.81. The highest BCUT2D eigenvalue weighted by Crippen LogP contribution is 2.22. The van der Waals surface area contributed by atoms with Crippen LogP contribution in [0.2, 0.25) is 0 Å². The number of hydrogen-bond acceptors (Lipinski definition) is 4. The molecule has 1 aromatic rings. The van der Waals surface area contributed by atoms with Gasteiger partial charge in [0, 0.05) is 19.7 Å². The lowest BCUT2D eigenvalue weighted by molar-refractivity contribution is 0.103. The molecule has 1 aliphatic heterocycles. The maximum absolute atomic E-state index is 10.1. The second kappa shape index (κ2) is 6.89. The molecule has 0 saturated carbocycles. The van der Waals surface area contributed by atoms with Crippen LogP contribution >= 0.6 is 0 Å². The Labute approximate surface area is 114 Å². The van der Waals surface area contributed by atoms with E-state index < -0.39 is 6.10 Å². The standard InChI is InChI=1S/C15H23NO3/c1-11-8-12(5-6-15(11)18-2)14(17)10-16-9-13-4-3-7-19-13/h5-6,8,13-14,16-17H,3-4,7,9-10H2,1-2H3. The topological polar surface area (TPSA) is 50.7 Å². The van der Waals surface area contributed by atoms with Crippen molar-refractivity contribution in [2.45, 2.75) is 32.0 Å². The minimum absolute atomic E-state index is 0.310. The van der Waals surface area contributed by atoms with E-state index in [1.165, 1.54) is 0 Å². The Bertz CT molecular complexity index is 402. The highest BCUT2D eigenvalue weighted by atomic mass is 16.5. The van der Waals surface area contributed by atoms with E-state index in [-0.39, 0.29) is 0 Å². The van der Waals surface area contributed by atoms with Crippen molar-refractivity contribution in [2.75, 3.05) is 26.8 Å². The molecule has 2 unspecified atom stereocenters. The van der Waals surface area contributed by atoms with Crippen molar-refractivity contribution >= 4 is 0 Å². The van der Waals surface area contributed by atoms with E-state index in [1.54, 1.807) is 7.11 Å². The molecule has 4 heteroatoms. The minimum Gasteiger partial charge on any atom is -0.496 e. The number of hydrogen-bond donors (Lipinski definition) is 2. The van der Waals surface area contributed by atoms with Gasteiger partial charge in [-0.05, 0) is 43.0 Å². The fourth-order valence-electron chi connectivity index (χ4n) is 2.41. The molecule has 0 radical (unpaired) electrons. The van der Waals surface area contributed by atoms with Crippen molar-refractivity contribution in [3.8, 4) is 5.75 Å². The Morgan fingerprint density at radius 3 is 3.00 bits per heavy atom. The van der Waals surface area contributed by atoms with Gasteiger partial charge in [-0.2, -0.15) is 0 Å². The second-order valence-corrected chi connectivity index (χ2v) is 5.04. The number of aliphatic hydroxyl groups excluding tert-OH is 1. The van der Waals surface area contributed by atoms with E-state index in [1.807, 2.05) is 25.1 Å². The van der Waals surface area contributed by atoms with Crippen molar-refractivity contribution in [1.82, 2.24) is 5.32 Å². The van der Waals surface area contributed by atoms with E-state index in [0.717, 1.165) is 42.9 Å². The Hall–Kier alpha value is -1.10. The molecule has 1 aliphatic rings. The van der Waals surface area contributed by atoms with Crippen molar-refractivity contribution in [3.05, 3.63) is 29.3 Å². The highest BCUT2D eigenvalue weighted by Gasteiger charge is 2.16. The molecule has 0 bridgehead atoms. The second-order valence-electron chi connectivity index (χ2n) is 5.04. The van der Waals surface area contributed by atoms with Crippen LogP contribution in [0.25, 0.3) is 0 Å². The summed E-state index contributed by atoms with van der Waals surface area (Å²) in [6, 6.07) is 5.77. The lowest BCUT2D eigenvalue weighted by atomic mass is 10.1. The number of methoxy groups -OCH3 is 1. The van der Waals surface area contributed by atoms with E-state index in [9.17, 15) is 5.11 Å². The van der Waals surface area contributed by atoms with Crippen molar-refractivity contribution in [2.24, 2.45) is 0 Å². The van der Waals surface area contributed by atoms with Gasteiger partial charge in [-0.3, -0.25) is 0 Å². The van der Waals surface area contributed by atoms with Gasteiger partial charge in [0.1, 0.15) is 5.75 Å². The summed E-state index contributed by atoms with van der Waals surface area (Å²) in [6.45, 7) is 4.21. The first-order valence-electron chi connectivity index (χ1n) is 6.85. The summed E-state index contributed by atoms with van der Waals surface area (Å²) in [6.07, 6.45) is 2.08. The number of aryl methyl sites for hydroxylation is 1. The molecule has 1 heterocycles. The molecule has 0 amide bonds. The third-order valence-corrected chi connectivity index (χ3v) is 3.54. The predicted molar refractivity (Wildman–Crippen MR) is 74.5 cm³/mol. The maximum Gasteiger partial charge on any atom is 0.121 e. The quantitative estimate of drug-likeness (QED) is 0.823. The normalized spacial score (nSPS) is 20.5. The average Bonchev–Trinajstić information content (AvgIpc) is 2.91. The summed E-state index contributed by atoms with van der Waals surface area (Å²) in [7, 11) is 1.65. The molecule has 106 valence electrons. The van der Waals surface area contributed by atoms with Crippen molar-refractivity contribution < 1.29 is 14.6 Å². The first kappa shape index (κ1) is 14.3. The lowest BCUT2D eigenvalue weighted by Crippen LogP contribution is -2.29. The van der Waals surface area contributed by atoms with Crippen LogP contribution in [0.15, 0.2) is 18.2 Å². The number of nitrogens with one attached hydrogen (secondary N) is 1. The van der Waals surface area contributed by atoms with Crippen LogP contribution in [0.1, 0.15) is 30.1 Å². The maximum atomic E-state index is 10.1. The molecule has 0 aromatic heterocycles.